The van der Waals surface area contributed by atoms with E-state index in [0.29, 0.717) is 17.4 Å². The molecule has 1 aromatic rings. The first-order chi connectivity index (χ1) is 9.51. The van der Waals surface area contributed by atoms with Crippen LogP contribution in [0.3, 0.4) is 0 Å². The van der Waals surface area contributed by atoms with Crippen molar-refractivity contribution in [1.82, 2.24) is 4.90 Å². The Balaban J connectivity index is 1.57. The van der Waals surface area contributed by atoms with Gasteiger partial charge in [0.25, 0.3) is 0 Å². The van der Waals surface area contributed by atoms with Gasteiger partial charge in [-0.3, -0.25) is 4.79 Å². The van der Waals surface area contributed by atoms with Crippen LogP contribution in [0.25, 0.3) is 0 Å². The van der Waals surface area contributed by atoms with Crippen LogP contribution in [0, 0.1) is 17.8 Å². The molecule has 1 unspecified atom stereocenters. The molecule has 5 rings (SSSR count). The zero-order valence-electron chi connectivity index (χ0n) is 12.5. The number of amides is 1. The van der Waals surface area contributed by atoms with Crippen LogP contribution < -0.4 is 0 Å². The standard InChI is InChI=1S/C18H23NO/c1-13-5-3-6-14(9-13)15-7-4-8-19(15)16(20)18-10-17(2,11-18)12-18/h3,5-6,9,15H,4,7-8,10-12H2,1-2H3. The van der Waals surface area contributed by atoms with E-state index in [1.807, 2.05) is 0 Å². The number of nitrogens with zero attached hydrogens (tertiary/aromatic N) is 1. The minimum Gasteiger partial charge on any atom is -0.335 e. The average Bonchev–Trinajstić information content (AvgIpc) is 2.82. The topological polar surface area (TPSA) is 20.3 Å². The molecular formula is C18H23NO. The quantitative estimate of drug-likeness (QED) is 0.798. The van der Waals surface area contributed by atoms with Gasteiger partial charge in [0.1, 0.15) is 0 Å². The monoisotopic (exact) mass is 269 g/mol. The third-order valence-electron chi connectivity index (χ3n) is 5.69. The third-order valence-corrected chi connectivity index (χ3v) is 5.69. The van der Waals surface area contributed by atoms with Crippen molar-refractivity contribution in [3.63, 3.8) is 0 Å². The lowest BCUT2D eigenvalue weighted by Gasteiger charge is -2.69. The zero-order valence-corrected chi connectivity index (χ0v) is 12.5. The van der Waals surface area contributed by atoms with Gasteiger partial charge < -0.3 is 4.90 Å². The van der Waals surface area contributed by atoms with E-state index in [-0.39, 0.29) is 5.41 Å². The molecule has 2 nitrogen and oxygen atoms in total. The largest absolute Gasteiger partial charge is 0.335 e. The predicted octanol–water partition coefficient (Wildman–Crippen LogP) is 3.85. The molecule has 0 radical (unpaired) electrons. The van der Waals surface area contributed by atoms with Crippen molar-refractivity contribution in [2.24, 2.45) is 10.8 Å². The van der Waals surface area contributed by atoms with E-state index in [9.17, 15) is 4.79 Å². The fourth-order valence-corrected chi connectivity index (χ4v) is 5.06. The molecule has 1 heterocycles. The van der Waals surface area contributed by atoms with Crippen molar-refractivity contribution >= 4 is 5.91 Å². The minimum absolute atomic E-state index is 0.0428. The van der Waals surface area contributed by atoms with Crippen LogP contribution in [-0.4, -0.2) is 17.4 Å². The number of carbonyl (C=O) groups excluding carboxylic acids is 1. The summed E-state index contributed by atoms with van der Waals surface area (Å²) in [6, 6.07) is 9.01. The molecule has 3 saturated carbocycles. The summed E-state index contributed by atoms with van der Waals surface area (Å²) in [5.41, 5.74) is 3.17. The molecule has 1 aromatic carbocycles. The Labute approximate surface area is 121 Å². The molecule has 0 N–H and O–H groups in total. The van der Waals surface area contributed by atoms with Crippen LogP contribution in [0.4, 0.5) is 0 Å². The molecule has 1 aliphatic heterocycles. The van der Waals surface area contributed by atoms with Crippen LogP contribution in [0.15, 0.2) is 24.3 Å². The lowest BCUT2D eigenvalue weighted by Crippen LogP contribution is -2.66. The maximum absolute atomic E-state index is 12.9. The van der Waals surface area contributed by atoms with E-state index < -0.39 is 0 Å². The fourth-order valence-electron chi connectivity index (χ4n) is 5.06. The second-order valence-electron chi connectivity index (χ2n) is 7.69. The summed E-state index contributed by atoms with van der Waals surface area (Å²) in [7, 11) is 0. The van der Waals surface area contributed by atoms with Gasteiger partial charge in [0.05, 0.1) is 11.5 Å². The van der Waals surface area contributed by atoms with Gasteiger partial charge in [0, 0.05) is 6.54 Å². The smallest absolute Gasteiger partial charge is 0.229 e. The molecule has 1 amide bonds. The maximum Gasteiger partial charge on any atom is 0.229 e. The lowest BCUT2D eigenvalue weighted by atomic mass is 9.35. The van der Waals surface area contributed by atoms with E-state index in [0.717, 1.165) is 38.6 Å². The van der Waals surface area contributed by atoms with E-state index in [2.05, 4.69) is 43.0 Å². The van der Waals surface area contributed by atoms with Crippen molar-refractivity contribution in [3.05, 3.63) is 35.4 Å². The van der Waals surface area contributed by atoms with Crippen molar-refractivity contribution in [3.8, 4) is 0 Å². The first kappa shape index (κ1) is 12.4. The molecule has 0 aromatic heterocycles. The number of benzene rings is 1. The number of rotatable bonds is 2. The van der Waals surface area contributed by atoms with Gasteiger partial charge in [-0.05, 0) is 50.0 Å². The molecule has 3 aliphatic carbocycles. The molecule has 106 valence electrons. The van der Waals surface area contributed by atoms with Crippen LogP contribution in [0.2, 0.25) is 0 Å². The molecular weight excluding hydrogens is 246 g/mol. The summed E-state index contributed by atoms with van der Waals surface area (Å²) in [5, 5.41) is 0. The SMILES string of the molecule is Cc1cccc(C2CCCN2C(=O)C23CC(C)(C2)C3)c1. The van der Waals surface area contributed by atoms with Crippen molar-refractivity contribution < 1.29 is 4.79 Å². The van der Waals surface area contributed by atoms with Gasteiger partial charge in [0.15, 0.2) is 0 Å². The number of aryl methyl sites for hydroxylation is 1. The first-order valence-corrected chi connectivity index (χ1v) is 7.89. The molecule has 20 heavy (non-hydrogen) atoms. The number of carbonyl (C=O) groups is 1. The number of hydrogen-bond acceptors (Lipinski definition) is 1. The van der Waals surface area contributed by atoms with Gasteiger partial charge >= 0.3 is 0 Å². The van der Waals surface area contributed by atoms with E-state index in [1.54, 1.807) is 0 Å². The highest BCUT2D eigenvalue weighted by Crippen LogP contribution is 2.73. The van der Waals surface area contributed by atoms with Crippen molar-refractivity contribution in [1.29, 1.82) is 0 Å². The lowest BCUT2D eigenvalue weighted by molar-refractivity contribution is -0.210. The van der Waals surface area contributed by atoms with E-state index in [4.69, 9.17) is 0 Å². The molecule has 1 atom stereocenters. The normalized spacial score (nSPS) is 38.3. The Bertz CT molecular complexity index is 557. The molecule has 1 saturated heterocycles. The van der Waals surface area contributed by atoms with Crippen molar-refractivity contribution in [2.75, 3.05) is 6.54 Å². The maximum atomic E-state index is 12.9. The summed E-state index contributed by atoms with van der Waals surface area (Å²) in [6.45, 7) is 5.41. The van der Waals surface area contributed by atoms with Gasteiger partial charge in [0.2, 0.25) is 5.91 Å². The molecule has 0 spiro atoms. The second-order valence-corrected chi connectivity index (χ2v) is 7.69. The minimum atomic E-state index is 0.0428. The van der Waals surface area contributed by atoms with Crippen LogP contribution in [0.1, 0.15) is 56.2 Å². The Morgan fingerprint density at radius 2 is 2.05 bits per heavy atom. The summed E-state index contributed by atoms with van der Waals surface area (Å²) in [4.78, 5) is 15.1. The highest BCUT2D eigenvalue weighted by atomic mass is 16.2. The summed E-state index contributed by atoms with van der Waals surface area (Å²) in [6.07, 6.45) is 5.68. The molecule has 2 bridgehead atoms. The van der Waals surface area contributed by atoms with Gasteiger partial charge in [-0.1, -0.05) is 36.8 Å². The predicted molar refractivity (Wildman–Crippen MR) is 79.3 cm³/mol. The van der Waals surface area contributed by atoms with Gasteiger partial charge in [-0.15, -0.1) is 0 Å². The number of hydrogen-bond donors (Lipinski definition) is 0. The highest BCUT2D eigenvalue weighted by molar-refractivity contribution is 5.87. The van der Waals surface area contributed by atoms with Crippen LogP contribution >= 0.6 is 0 Å². The first-order valence-electron chi connectivity index (χ1n) is 7.89. The summed E-state index contributed by atoms with van der Waals surface area (Å²) in [5.74, 6) is 0.449. The Morgan fingerprint density at radius 1 is 1.30 bits per heavy atom. The fraction of sp³-hybridized carbons (Fsp3) is 0.611. The van der Waals surface area contributed by atoms with Crippen LogP contribution in [0.5, 0.6) is 0 Å². The Kier molecular flexibility index (Phi) is 2.40. The van der Waals surface area contributed by atoms with E-state index >= 15 is 0 Å². The van der Waals surface area contributed by atoms with Gasteiger partial charge in [-0.25, -0.2) is 0 Å². The second kappa shape index (κ2) is 3.87. The molecule has 4 fully saturated rings. The third kappa shape index (κ3) is 1.60. The van der Waals surface area contributed by atoms with Crippen molar-refractivity contribution in [2.45, 2.75) is 52.0 Å². The summed E-state index contributed by atoms with van der Waals surface area (Å²) < 4.78 is 0. The Morgan fingerprint density at radius 3 is 2.70 bits per heavy atom. The molecule has 2 heteroatoms. The molecule has 4 aliphatic rings. The summed E-state index contributed by atoms with van der Waals surface area (Å²) >= 11 is 0. The highest BCUT2D eigenvalue weighted by Gasteiger charge is 2.69. The van der Waals surface area contributed by atoms with E-state index in [1.165, 1.54) is 11.1 Å². The Hall–Kier alpha value is -1.31. The van der Waals surface area contributed by atoms with Gasteiger partial charge in [-0.2, -0.15) is 0 Å². The number of likely N-dealkylation sites (tertiary alicyclic amines) is 1. The van der Waals surface area contributed by atoms with Crippen LogP contribution in [-0.2, 0) is 4.79 Å². The average molecular weight is 269 g/mol. The zero-order chi connectivity index (χ0) is 14.0.